The molecule has 1 aromatic rings. The minimum Gasteiger partial charge on any atom is -0.469 e. The minimum absolute atomic E-state index is 0.638. The van der Waals surface area contributed by atoms with Crippen molar-refractivity contribution in [2.75, 3.05) is 19.6 Å². The monoisotopic (exact) mass is 264 g/mol. The van der Waals surface area contributed by atoms with Gasteiger partial charge in [0.15, 0.2) is 0 Å². The SMILES string of the molecule is CCC(C)C1CN(C(C)CCc2ccco2)CCN1. The van der Waals surface area contributed by atoms with Crippen LogP contribution in [0.1, 0.15) is 39.4 Å². The van der Waals surface area contributed by atoms with Gasteiger partial charge in [-0.15, -0.1) is 0 Å². The summed E-state index contributed by atoms with van der Waals surface area (Å²) < 4.78 is 5.42. The van der Waals surface area contributed by atoms with E-state index in [9.17, 15) is 0 Å². The number of hydrogen-bond acceptors (Lipinski definition) is 3. The summed E-state index contributed by atoms with van der Waals surface area (Å²) in [4.78, 5) is 2.64. The first-order valence-corrected chi connectivity index (χ1v) is 7.70. The molecule has 3 nitrogen and oxygen atoms in total. The lowest BCUT2D eigenvalue weighted by atomic mass is 9.96. The summed E-state index contributed by atoms with van der Waals surface area (Å²) in [6.07, 6.45) is 5.25. The van der Waals surface area contributed by atoms with E-state index in [0.717, 1.165) is 24.6 Å². The largest absolute Gasteiger partial charge is 0.469 e. The predicted octanol–water partition coefficient (Wildman–Crippen LogP) is 2.92. The van der Waals surface area contributed by atoms with Crippen LogP contribution in [-0.2, 0) is 6.42 Å². The van der Waals surface area contributed by atoms with Crippen LogP contribution >= 0.6 is 0 Å². The summed E-state index contributed by atoms with van der Waals surface area (Å²) in [5.41, 5.74) is 0. The topological polar surface area (TPSA) is 28.4 Å². The van der Waals surface area contributed by atoms with Crippen LogP contribution in [0, 0.1) is 5.92 Å². The average Bonchev–Trinajstić information content (AvgIpc) is 2.97. The molecule has 0 amide bonds. The summed E-state index contributed by atoms with van der Waals surface area (Å²) in [5, 5.41) is 3.66. The van der Waals surface area contributed by atoms with E-state index in [1.807, 2.05) is 6.07 Å². The third kappa shape index (κ3) is 4.08. The van der Waals surface area contributed by atoms with Gasteiger partial charge in [0, 0.05) is 38.1 Å². The highest BCUT2D eigenvalue weighted by Gasteiger charge is 2.25. The lowest BCUT2D eigenvalue weighted by Crippen LogP contribution is -2.55. The van der Waals surface area contributed by atoms with Crippen molar-refractivity contribution in [1.29, 1.82) is 0 Å². The van der Waals surface area contributed by atoms with Crippen LogP contribution in [0.15, 0.2) is 22.8 Å². The zero-order chi connectivity index (χ0) is 13.7. The fraction of sp³-hybridized carbons (Fsp3) is 0.750. The fourth-order valence-electron chi connectivity index (χ4n) is 2.86. The van der Waals surface area contributed by atoms with Gasteiger partial charge in [0.2, 0.25) is 0 Å². The molecule has 108 valence electrons. The molecule has 0 radical (unpaired) electrons. The van der Waals surface area contributed by atoms with Crippen molar-refractivity contribution < 1.29 is 4.42 Å². The lowest BCUT2D eigenvalue weighted by molar-refractivity contribution is 0.124. The Hall–Kier alpha value is -0.800. The Morgan fingerprint density at radius 1 is 1.47 bits per heavy atom. The quantitative estimate of drug-likeness (QED) is 0.856. The van der Waals surface area contributed by atoms with Crippen LogP contribution in [-0.4, -0.2) is 36.6 Å². The van der Waals surface area contributed by atoms with Crippen LogP contribution in [0.2, 0.25) is 0 Å². The molecule has 19 heavy (non-hydrogen) atoms. The Labute approximate surface area is 117 Å². The van der Waals surface area contributed by atoms with Gasteiger partial charge in [-0.05, 0) is 31.4 Å². The predicted molar refractivity (Wildman–Crippen MR) is 79.3 cm³/mol. The first-order valence-electron chi connectivity index (χ1n) is 7.70. The van der Waals surface area contributed by atoms with E-state index < -0.39 is 0 Å². The van der Waals surface area contributed by atoms with Crippen LogP contribution < -0.4 is 5.32 Å². The van der Waals surface area contributed by atoms with Crippen LogP contribution in [0.3, 0.4) is 0 Å². The summed E-state index contributed by atoms with van der Waals surface area (Å²) in [5.74, 6) is 1.88. The molecule has 2 rings (SSSR count). The zero-order valence-corrected chi connectivity index (χ0v) is 12.6. The molecular weight excluding hydrogens is 236 g/mol. The second kappa shape index (κ2) is 7.11. The molecule has 0 aliphatic carbocycles. The fourth-order valence-corrected chi connectivity index (χ4v) is 2.86. The molecular formula is C16H28N2O. The maximum atomic E-state index is 5.42. The van der Waals surface area contributed by atoms with Gasteiger partial charge in [0.05, 0.1) is 6.26 Å². The van der Waals surface area contributed by atoms with Gasteiger partial charge >= 0.3 is 0 Å². The Morgan fingerprint density at radius 3 is 3.00 bits per heavy atom. The summed E-state index contributed by atoms with van der Waals surface area (Å²) in [6.45, 7) is 10.5. The number of furan rings is 1. The van der Waals surface area contributed by atoms with Gasteiger partial charge in [-0.1, -0.05) is 20.3 Å². The van der Waals surface area contributed by atoms with Crippen LogP contribution in [0.5, 0.6) is 0 Å². The second-order valence-corrected chi connectivity index (χ2v) is 5.91. The number of aryl methyl sites for hydroxylation is 1. The van der Waals surface area contributed by atoms with Crippen LogP contribution in [0.4, 0.5) is 0 Å². The molecule has 3 atom stereocenters. The van der Waals surface area contributed by atoms with E-state index in [1.54, 1.807) is 6.26 Å². The maximum Gasteiger partial charge on any atom is 0.103 e. The number of piperazine rings is 1. The molecule has 1 aliphatic heterocycles. The number of rotatable bonds is 6. The van der Waals surface area contributed by atoms with Gasteiger partial charge in [-0.2, -0.15) is 0 Å². The summed E-state index contributed by atoms with van der Waals surface area (Å²) >= 11 is 0. The first-order chi connectivity index (χ1) is 9.20. The molecule has 1 fully saturated rings. The van der Waals surface area contributed by atoms with E-state index in [1.165, 1.54) is 25.9 Å². The molecule has 0 bridgehead atoms. The average molecular weight is 264 g/mol. The molecule has 1 N–H and O–H groups in total. The number of nitrogens with zero attached hydrogens (tertiary/aromatic N) is 1. The highest BCUT2D eigenvalue weighted by Crippen LogP contribution is 2.16. The van der Waals surface area contributed by atoms with Gasteiger partial charge in [0.25, 0.3) is 0 Å². The molecule has 1 saturated heterocycles. The first kappa shape index (κ1) is 14.6. The molecule has 1 aromatic heterocycles. The third-order valence-corrected chi connectivity index (χ3v) is 4.58. The smallest absolute Gasteiger partial charge is 0.103 e. The van der Waals surface area contributed by atoms with Crippen molar-refractivity contribution in [2.45, 2.75) is 52.1 Å². The minimum atomic E-state index is 0.638. The molecule has 0 saturated carbocycles. The van der Waals surface area contributed by atoms with Gasteiger partial charge in [-0.3, -0.25) is 4.90 Å². The van der Waals surface area contributed by atoms with Crippen molar-refractivity contribution in [2.24, 2.45) is 5.92 Å². The number of hydrogen-bond donors (Lipinski definition) is 1. The van der Waals surface area contributed by atoms with Crippen molar-refractivity contribution in [3.05, 3.63) is 24.2 Å². The Morgan fingerprint density at radius 2 is 2.32 bits per heavy atom. The van der Waals surface area contributed by atoms with Crippen molar-refractivity contribution in [3.8, 4) is 0 Å². The van der Waals surface area contributed by atoms with E-state index >= 15 is 0 Å². The Bertz CT molecular complexity index is 350. The maximum absolute atomic E-state index is 5.42. The molecule has 1 aliphatic rings. The highest BCUT2D eigenvalue weighted by atomic mass is 16.3. The van der Waals surface area contributed by atoms with Gasteiger partial charge in [-0.25, -0.2) is 0 Å². The standard InChI is InChI=1S/C16H28N2O/c1-4-13(2)16-12-18(10-9-17-16)14(3)7-8-15-6-5-11-19-15/h5-6,11,13-14,16-17H,4,7-10,12H2,1-3H3. The molecule has 0 spiro atoms. The number of nitrogens with one attached hydrogen (secondary N) is 1. The van der Waals surface area contributed by atoms with E-state index in [-0.39, 0.29) is 0 Å². The molecule has 2 heterocycles. The Balaban J connectivity index is 1.79. The molecule has 3 heteroatoms. The Kier molecular flexibility index (Phi) is 5.46. The lowest BCUT2D eigenvalue weighted by Gasteiger charge is -2.39. The van der Waals surface area contributed by atoms with Gasteiger partial charge < -0.3 is 9.73 Å². The molecule has 0 aromatic carbocycles. The zero-order valence-electron chi connectivity index (χ0n) is 12.6. The van der Waals surface area contributed by atoms with Gasteiger partial charge in [0.1, 0.15) is 5.76 Å². The van der Waals surface area contributed by atoms with E-state index in [2.05, 4.69) is 37.1 Å². The van der Waals surface area contributed by atoms with Crippen molar-refractivity contribution in [3.63, 3.8) is 0 Å². The second-order valence-electron chi connectivity index (χ2n) is 5.91. The summed E-state index contributed by atoms with van der Waals surface area (Å²) in [6, 6.07) is 5.35. The van der Waals surface area contributed by atoms with Crippen molar-refractivity contribution in [1.82, 2.24) is 10.2 Å². The third-order valence-electron chi connectivity index (χ3n) is 4.58. The van der Waals surface area contributed by atoms with E-state index in [0.29, 0.717) is 12.1 Å². The molecule has 3 unspecified atom stereocenters. The van der Waals surface area contributed by atoms with Crippen molar-refractivity contribution >= 4 is 0 Å². The highest BCUT2D eigenvalue weighted by molar-refractivity contribution is 4.98. The summed E-state index contributed by atoms with van der Waals surface area (Å²) in [7, 11) is 0. The normalized spacial score (nSPS) is 24.3. The van der Waals surface area contributed by atoms with Crippen LogP contribution in [0.25, 0.3) is 0 Å². The van der Waals surface area contributed by atoms with E-state index in [4.69, 9.17) is 4.42 Å².